The van der Waals surface area contributed by atoms with Crippen LogP contribution in [-0.2, 0) is 18.9 Å². The molecule has 0 aromatic heterocycles. The van der Waals surface area contributed by atoms with Gasteiger partial charge < -0.3 is 65.5 Å². The minimum Gasteiger partial charge on any atom is -0.396 e. The van der Waals surface area contributed by atoms with Crippen molar-refractivity contribution in [2.24, 2.45) is 11.7 Å². The van der Waals surface area contributed by atoms with Gasteiger partial charge in [0.2, 0.25) is 0 Å². The molecule has 2 aliphatic heterocycles. The van der Waals surface area contributed by atoms with Gasteiger partial charge in [0.05, 0.1) is 25.4 Å². The van der Waals surface area contributed by atoms with Gasteiger partial charge in [0.15, 0.2) is 12.6 Å². The van der Waals surface area contributed by atoms with Crippen molar-refractivity contribution < 1.29 is 64.2 Å². The summed E-state index contributed by atoms with van der Waals surface area (Å²) in [7, 11) is 0. The standard InChI is InChI=1S/C18H32FNO12/c1-4-9(23)11(25)13(27)17(29-4)32-16-6(3-22)30-18(14(28)12(16)26)31-15-5(2-21)8(20)7(19)10(15)24/h4-18,21-28H,2-3,20H2,1H3/t4-,5?,6-,7?,8-,9-,10?,11+,12-,13-,14-,15?,16-,17+,18-/m1/s1. The molecule has 0 spiro atoms. The van der Waals surface area contributed by atoms with Crippen LogP contribution < -0.4 is 5.73 Å². The van der Waals surface area contributed by atoms with Crippen molar-refractivity contribution in [3.8, 4) is 0 Å². The van der Waals surface area contributed by atoms with Crippen molar-refractivity contribution in [2.75, 3.05) is 13.2 Å². The number of aliphatic hydroxyl groups is 8. The molecular weight excluding hydrogens is 441 g/mol. The zero-order valence-corrected chi connectivity index (χ0v) is 17.2. The van der Waals surface area contributed by atoms with E-state index in [-0.39, 0.29) is 0 Å². The molecule has 15 atom stereocenters. The summed E-state index contributed by atoms with van der Waals surface area (Å²) in [6, 6.07) is -1.23. The van der Waals surface area contributed by atoms with E-state index in [0.29, 0.717) is 0 Å². The van der Waals surface area contributed by atoms with E-state index in [1.165, 1.54) is 6.92 Å². The summed E-state index contributed by atoms with van der Waals surface area (Å²) in [6.07, 6.45) is -20.2. The first kappa shape index (κ1) is 26.0. The Morgan fingerprint density at radius 3 is 1.91 bits per heavy atom. The summed E-state index contributed by atoms with van der Waals surface area (Å²) in [5.74, 6) is -1.02. The van der Waals surface area contributed by atoms with Crippen LogP contribution in [0.25, 0.3) is 0 Å². The molecule has 32 heavy (non-hydrogen) atoms. The average Bonchev–Trinajstić information content (AvgIpc) is 2.98. The molecule has 0 aromatic rings. The number of hydrogen-bond donors (Lipinski definition) is 9. The van der Waals surface area contributed by atoms with E-state index < -0.39 is 105 Å². The molecule has 1 saturated carbocycles. The molecule has 2 heterocycles. The summed E-state index contributed by atoms with van der Waals surface area (Å²) < 4.78 is 35.7. The fourth-order valence-electron chi connectivity index (χ4n) is 4.29. The maximum atomic E-state index is 14.1. The summed E-state index contributed by atoms with van der Waals surface area (Å²) in [5.41, 5.74) is 5.64. The molecule has 10 N–H and O–H groups in total. The van der Waals surface area contributed by atoms with Crippen molar-refractivity contribution in [2.45, 2.75) is 92.8 Å². The van der Waals surface area contributed by atoms with Crippen LogP contribution in [0.4, 0.5) is 4.39 Å². The second-order valence-electron chi connectivity index (χ2n) is 8.45. The quantitative estimate of drug-likeness (QED) is 0.176. The predicted octanol–water partition coefficient (Wildman–Crippen LogP) is -5.33. The Balaban J connectivity index is 1.71. The lowest BCUT2D eigenvalue weighted by atomic mass is 9.97. The molecule has 2 saturated heterocycles. The van der Waals surface area contributed by atoms with Gasteiger partial charge in [0.25, 0.3) is 0 Å². The van der Waals surface area contributed by atoms with E-state index in [2.05, 4.69) is 0 Å². The van der Waals surface area contributed by atoms with E-state index in [0.717, 1.165) is 0 Å². The zero-order chi connectivity index (χ0) is 23.9. The normalized spacial score (nSPS) is 54.7. The Labute approximate surface area is 182 Å². The number of rotatable bonds is 6. The average molecular weight is 473 g/mol. The van der Waals surface area contributed by atoms with Crippen LogP contribution in [0.1, 0.15) is 6.92 Å². The zero-order valence-electron chi connectivity index (χ0n) is 17.2. The Morgan fingerprint density at radius 1 is 0.750 bits per heavy atom. The lowest BCUT2D eigenvalue weighted by Crippen LogP contribution is -2.64. The van der Waals surface area contributed by atoms with Crippen LogP contribution in [0.2, 0.25) is 0 Å². The summed E-state index contributed by atoms with van der Waals surface area (Å²) in [5, 5.41) is 80.1. The monoisotopic (exact) mass is 473 g/mol. The van der Waals surface area contributed by atoms with Gasteiger partial charge in [-0.05, 0) is 6.92 Å². The molecule has 1 aliphatic carbocycles. The molecule has 0 amide bonds. The van der Waals surface area contributed by atoms with Gasteiger partial charge in [-0.2, -0.15) is 0 Å². The van der Waals surface area contributed by atoms with Crippen molar-refractivity contribution in [3.63, 3.8) is 0 Å². The molecule has 0 aromatic carbocycles. The highest BCUT2D eigenvalue weighted by molar-refractivity contribution is 5.02. The first-order valence-electron chi connectivity index (χ1n) is 10.3. The fourth-order valence-corrected chi connectivity index (χ4v) is 4.29. The van der Waals surface area contributed by atoms with Crippen LogP contribution >= 0.6 is 0 Å². The van der Waals surface area contributed by atoms with Gasteiger partial charge in [-0.15, -0.1) is 0 Å². The second kappa shape index (κ2) is 10.4. The highest BCUT2D eigenvalue weighted by atomic mass is 19.1. The van der Waals surface area contributed by atoms with E-state index in [1.54, 1.807) is 0 Å². The summed E-state index contributed by atoms with van der Waals surface area (Å²) >= 11 is 0. The minimum atomic E-state index is -1.90. The Bertz CT molecular complexity index is 619. The lowest BCUT2D eigenvalue weighted by molar-refractivity contribution is -0.363. The molecule has 3 aliphatic rings. The lowest BCUT2D eigenvalue weighted by Gasteiger charge is -2.46. The molecule has 13 nitrogen and oxygen atoms in total. The van der Waals surface area contributed by atoms with Crippen LogP contribution in [0.5, 0.6) is 0 Å². The van der Waals surface area contributed by atoms with Gasteiger partial charge in [-0.25, -0.2) is 4.39 Å². The maximum absolute atomic E-state index is 14.1. The number of hydrogen-bond acceptors (Lipinski definition) is 13. The van der Waals surface area contributed by atoms with E-state index >= 15 is 0 Å². The first-order chi connectivity index (χ1) is 15.0. The third kappa shape index (κ3) is 4.65. The SMILES string of the molecule is C[C@H]1O[C@@H](O[C@H]2[C@H](O)[C@@H](O)[C@@H](OC3C(O)C(F)[C@H](N)C3CO)O[C@@H]2CO)[C@H](O)[C@@H](O)[C@@H]1O. The fraction of sp³-hybridized carbons (Fsp3) is 1.00. The molecule has 3 rings (SSSR count). The van der Waals surface area contributed by atoms with Gasteiger partial charge in [0.1, 0.15) is 55.0 Å². The minimum absolute atomic E-state index is 0.618. The van der Waals surface area contributed by atoms with Gasteiger partial charge in [-0.1, -0.05) is 0 Å². The predicted molar refractivity (Wildman–Crippen MR) is 99.3 cm³/mol. The molecule has 4 unspecified atom stereocenters. The Kier molecular flexibility index (Phi) is 8.42. The van der Waals surface area contributed by atoms with Crippen molar-refractivity contribution in [1.82, 2.24) is 0 Å². The van der Waals surface area contributed by atoms with Crippen LogP contribution in [0, 0.1) is 5.92 Å². The maximum Gasteiger partial charge on any atom is 0.187 e. The van der Waals surface area contributed by atoms with Crippen molar-refractivity contribution in [1.29, 1.82) is 0 Å². The van der Waals surface area contributed by atoms with E-state index in [9.17, 15) is 45.2 Å². The number of halogens is 1. The first-order valence-corrected chi connectivity index (χ1v) is 10.3. The molecule has 188 valence electrons. The van der Waals surface area contributed by atoms with E-state index in [4.69, 9.17) is 24.7 Å². The second-order valence-corrected chi connectivity index (χ2v) is 8.45. The van der Waals surface area contributed by atoms with Gasteiger partial charge in [0, 0.05) is 12.0 Å². The third-order valence-electron chi connectivity index (χ3n) is 6.37. The Hall–Kier alpha value is -0.590. The largest absolute Gasteiger partial charge is 0.396 e. The number of ether oxygens (including phenoxy) is 4. The van der Waals surface area contributed by atoms with Gasteiger partial charge >= 0.3 is 0 Å². The summed E-state index contributed by atoms with van der Waals surface area (Å²) in [4.78, 5) is 0. The highest BCUT2D eigenvalue weighted by Gasteiger charge is 2.54. The smallest absolute Gasteiger partial charge is 0.187 e. The molecule has 14 heteroatoms. The molecule has 0 bridgehead atoms. The molecule has 3 fully saturated rings. The van der Waals surface area contributed by atoms with Crippen LogP contribution in [-0.4, -0.2) is 140 Å². The van der Waals surface area contributed by atoms with Gasteiger partial charge in [-0.3, -0.25) is 0 Å². The Morgan fingerprint density at radius 2 is 1.31 bits per heavy atom. The third-order valence-corrected chi connectivity index (χ3v) is 6.37. The molecular formula is C18H32FNO12. The summed E-state index contributed by atoms with van der Waals surface area (Å²) in [6.45, 7) is 0.0480. The number of alkyl halides is 1. The van der Waals surface area contributed by atoms with Crippen molar-refractivity contribution in [3.05, 3.63) is 0 Å². The van der Waals surface area contributed by atoms with Crippen LogP contribution in [0.3, 0.4) is 0 Å². The van der Waals surface area contributed by atoms with Crippen molar-refractivity contribution >= 4 is 0 Å². The number of aliphatic hydroxyl groups excluding tert-OH is 8. The number of nitrogens with two attached hydrogens (primary N) is 1. The van der Waals surface area contributed by atoms with E-state index in [1.807, 2.05) is 0 Å². The van der Waals surface area contributed by atoms with Crippen LogP contribution in [0.15, 0.2) is 0 Å². The highest BCUT2D eigenvalue weighted by Crippen LogP contribution is 2.35. The topological polar surface area (TPSA) is 225 Å². The molecule has 0 radical (unpaired) electrons.